The van der Waals surface area contributed by atoms with E-state index < -0.39 is 0 Å². The van der Waals surface area contributed by atoms with E-state index in [1.165, 1.54) is 17.8 Å². The number of carbonyl (C=O) groups is 1. The molecule has 1 fully saturated rings. The van der Waals surface area contributed by atoms with Crippen molar-refractivity contribution in [2.24, 2.45) is 5.92 Å². The van der Waals surface area contributed by atoms with Gasteiger partial charge in [-0.25, -0.2) is 0 Å². The van der Waals surface area contributed by atoms with E-state index in [-0.39, 0.29) is 5.91 Å². The largest absolute Gasteiger partial charge is 0.397 e. The van der Waals surface area contributed by atoms with Gasteiger partial charge in [0, 0.05) is 27.6 Å². The molecular formula is C16H19BrN2OS. The van der Waals surface area contributed by atoms with Gasteiger partial charge in [0.1, 0.15) is 4.88 Å². The summed E-state index contributed by atoms with van der Waals surface area (Å²) in [5.41, 5.74) is 6.83. The number of nitrogen functional groups attached to an aromatic ring is 1. The number of thiophene rings is 1. The summed E-state index contributed by atoms with van der Waals surface area (Å²) in [6.45, 7) is 3.94. The molecule has 2 heterocycles. The van der Waals surface area contributed by atoms with Crippen LogP contribution >= 0.6 is 27.3 Å². The number of nitrogens with two attached hydrogens (primary N) is 1. The van der Waals surface area contributed by atoms with Crippen LogP contribution in [-0.4, -0.2) is 23.9 Å². The molecule has 1 aliphatic rings. The van der Waals surface area contributed by atoms with Crippen LogP contribution in [0.3, 0.4) is 0 Å². The third-order valence-corrected chi connectivity index (χ3v) is 6.01. The summed E-state index contributed by atoms with van der Waals surface area (Å²) in [4.78, 5) is 15.4. The van der Waals surface area contributed by atoms with Gasteiger partial charge in [0.05, 0.1) is 5.69 Å². The number of anilines is 1. The Bertz CT molecular complexity index is 674. The zero-order chi connectivity index (χ0) is 15.0. The van der Waals surface area contributed by atoms with Crippen LogP contribution in [0.25, 0.3) is 10.1 Å². The molecule has 112 valence electrons. The fourth-order valence-corrected chi connectivity index (χ4v) is 4.58. The van der Waals surface area contributed by atoms with Gasteiger partial charge >= 0.3 is 0 Å². The van der Waals surface area contributed by atoms with Crippen molar-refractivity contribution in [3.8, 4) is 0 Å². The summed E-state index contributed by atoms with van der Waals surface area (Å²) < 4.78 is 2.08. The second-order valence-corrected chi connectivity index (χ2v) is 7.60. The highest BCUT2D eigenvalue weighted by atomic mass is 79.9. The lowest BCUT2D eigenvalue weighted by Gasteiger charge is -2.31. The molecule has 1 saturated heterocycles. The molecule has 0 radical (unpaired) electrons. The lowest BCUT2D eigenvalue weighted by Crippen LogP contribution is -2.38. The van der Waals surface area contributed by atoms with Gasteiger partial charge in [-0.15, -0.1) is 11.3 Å². The number of halogens is 1. The van der Waals surface area contributed by atoms with Crippen molar-refractivity contribution in [3.63, 3.8) is 0 Å². The van der Waals surface area contributed by atoms with E-state index >= 15 is 0 Å². The van der Waals surface area contributed by atoms with Crippen molar-refractivity contribution in [3.05, 3.63) is 27.5 Å². The second kappa shape index (κ2) is 5.97. The Balaban J connectivity index is 1.86. The first-order valence-electron chi connectivity index (χ1n) is 7.37. The minimum atomic E-state index is 0.0966. The molecular weight excluding hydrogens is 348 g/mol. The molecule has 3 rings (SSSR count). The second-order valence-electron chi connectivity index (χ2n) is 5.63. The topological polar surface area (TPSA) is 46.3 Å². The molecule has 0 saturated carbocycles. The van der Waals surface area contributed by atoms with Crippen molar-refractivity contribution in [1.82, 2.24) is 4.90 Å². The summed E-state index contributed by atoms with van der Waals surface area (Å²) in [7, 11) is 0. The Morgan fingerprint density at radius 1 is 1.43 bits per heavy atom. The van der Waals surface area contributed by atoms with Crippen molar-refractivity contribution in [1.29, 1.82) is 0 Å². The highest BCUT2D eigenvalue weighted by molar-refractivity contribution is 9.10. The van der Waals surface area contributed by atoms with Crippen molar-refractivity contribution >= 4 is 48.9 Å². The fourth-order valence-electron chi connectivity index (χ4n) is 2.94. The third-order valence-electron chi connectivity index (χ3n) is 4.36. The smallest absolute Gasteiger partial charge is 0.266 e. The fraction of sp³-hybridized carbons (Fsp3) is 0.438. The molecule has 5 heteroatoms. The lowest BCUT2D eigenvalue weighted by atomic mass is 9.94. The van der Waals surface area contributed by atoms with E-state index in [4.69, 9.17) is 5.73 Å². The Labute approximate surface area is 137 Å². The van der Waals surface area contributed by atoms with Crippen molar-refractivity contribution in [2.45, 2.75) is 26.2 Å². The van der Waals surface area contributed by atoms with Gasteiger partial charge in [-0.2, -0.15) is 0 Å². The predicted octanol–water partition coefficient (Wildman–Crippen LogP) is 4.51. The molecule has 0 aliphatic carbocycles. The Morgan fingerprint density at radius 3 is 2.81 bits per heavy atom. The van der Waals surface area contributed by atoms with Crippen LogP contribution in [0, 0.1) is 5.92 Å². The quantitative estimate of drug-likeness (QED) is 0.849. The number of carbonyl (C=O) groups excluding carboxylic acids is 1. The Kier molecular flexibility index (Phi) is 4.22. The van der Waals surface area contributed by atoms with Crippen LogP contribution in [-0.2, 0) is 0 Å². The van der Waals surface area contributed by atoms with Gasteiger partial charge in [0.25, 0.3) is 5.91 Å². The zero-order valence-electron chi connectivity index (χ0n) is 12.1. The van der Waals surface area contributed by atoms with E-state index in [9.17, 15) is 4.79 Å². The molecule has 1 amide bonds. The van der Waals surface area contributed by atoms with Crippen LogP contribution in [0.1, 0.15) is 35.9 Å². The van der Waals surface area contributed by atoms with Gasteiger partial charge in [0.15, 0.2) is 0 Å². The first kappa shape index (κ1) is 14.9. The van der Waals surface area contributed by atoms with E-state index in [2.05, 4.69) is 22.9 Å². The van der Waals surface area contributed by atoms with Gasteiger partial charge in [-0.3, -0.25) is 4.79 Å². The summed E-state index contributed by atoms with van der Waals surface area (Å²) in [6, 6.07) is 5.97. The molecule has 0 bridgehead atoms. The number of nitrogens with zero attached hydrogens (tertiary/aromatic N) is 1. The van der Waals surface area contributed by atoms with Crippen molar-refractivity contribution in [2.75, 3.05) is 18.8 Å². The molecule has 2 aromatic rings. The number of hydrogen-bond acceptors (Lipinski definition) is 3. The number of rotatable bonds is 2. The molecule has 1 aromatic carbocycles. The molecule has 21 heavy (non-hydrogen) atoms. The van der Waals surface area contributed by atoms with Gasteiger partial charge in [-0.05, 0) is 30.9 Å². The predicted molar refractivity (Wildman–Crippen MR) is 92.9 cm³/mol. The summed E-state index contributed by atoms with van der Waals surface area (Å²) in [5.74, 6) is 0.865. The molecule has 0 unspecified atom stereocenters. The van der Waals surface area contributed by atoms with Crippen LogP contribution in [0.5, 0.6) is 0 Å². The van der Waals surface area contributed by atoms with E-state index in [1.807, 2.05) is 23.1 Å². The first-order chi connectivity index (χ1) is 10.1. The monoisotopic (exact) mass is 366 g/mol. The standard InChI is InChI=1S/C16H19BrN2OS/c1-2-10-5-7-19(8-6-10)16(20)15-14(18)12-4-3-11(17)9-13(12)21-15/h3-4,9-10H,2,5-8,18H2,1H3. The van der Waals surface area contributed by atoms with Gasteiger partial charge < -0.3 is 10.6 Å². The van der Waals surface area contributed by atoms with E-state index in [0.717, 1.165) is 46.4 Å². The minimum absolute atomic E-state index is 0.0966. The molecule has 0 atom stereocenters. The number of hydrogen-bond donors (Lipinski definition) is 1. The third kappa shape index (κ3) is 2.81. The van der Waals surface area contributed by atoms with E-state index in [0.29, 0.717) is 10.6 Å². The Morgan fingerprint density at radius 2 is 2.14 bits per heavy atom. The molecule has 0 spiro atoms. The minimum Gasteiger partial charge on any atom is -0.397 e. The zero-order valence-corrected chi connectivity index (χ0v) is 14.5. The normalized spacial score (nSPS) is 16.6. The number of amides is 1. The SMILES string of the molecule is CCC1CCN(C(=O)c2sc3cc(Br)ccc3c2N)CC1. The maximum absolute atomic E-state index is 12.7. The van der Waals surface area contributed by atoms with Gasteiger partial charge in [-0.1, -0.05) is 35.3 Å². The summed E-state index contributed by atoms with van der Waals surface area (Å²) >= 11 is 4.97. The lowest BCUT2D eigenvalue weighted by molar-refractivity contribution is 0.0695. The van der Waals surface area contributed by atoms with Crippen LogP contribution in [0.2, 0.25) is 0 Å². The first-order valence-corrected chi connectivity index (χ1v) is 8.98. The van der Waals surface area contributed by atoms with E-state index in [1.54, 1.807) is 0 Å². The maximum atomic E-state index is 12.7. The molecule has 2 N–H and O–H groups in total. The van der Waals surface area contributed by atoms with Crippen LogP contribution in [0.15, 0.2) is 22.7 Å². The van der Waals surface area contributed by atoms with Gasteiger partial charge in [0.2, 0.25) is 0 Å². The van der Waals surface area contributed by atoms with Crippen molar-refractivity contribution < 1.29 is 4.79 Å². The number of piperidine rings is 1. The molecule has 1 aliphatic heterocycles. The summed E-state index contributed by atoms with van der Waals surface area (Å²) in [5, 5.41) is 0.981. The highest BCUT2D eigenvalue weighted by Crippen LogP contribution is 2.36. The molecule has 1 aromatic heterocycles. The number of fused-ring (bicyclic) bond motifs is 1. The highest BCUT2D eigenvalue weighted by Gasteiger charge is 2.26. The number of likely N-dealkylation sites (tertiary alicyclic amines) is 1. The maximum Gasteiger partial charge on any atom is 0.266 e. The average Bonchev–Trinajstić information content (AvgIpc) is 2.83. The Hall–Kier alpha value is -1.07. The average molecular weight is 367 g/mol. The summed E-state index contributed by atoms with van der Waals surface area (Å²) in [6.07, 6.45) is 3.43. The number of benzene rings is 1. The molecule has 3 nitrogen and oxygen atoms in total. The van der Waals surface area contributed by atoms with Crippen LogP contribution < -0.4 is 5.73 Å². The van der Waals surface area contributed by atoms with Crippen LogP contribution in [0.4, 0.5) is 5.69 Å².